The minimum atomic E-state index is -3.85. The van der Waals surface area contributed by atoms with E-state index in [2.05, 4.69) is 19.7 Å². The van der Waals surface area contributed by atoms with E-state index in [1.165, 1.54) is 6.20 Å². The largest absolute Gasteiger partial charge is 0.386 e. The van der Waals surface area contributed by atoms with Gasteiger partial charge in [0.15, 0.2) is 5.03 Å². The highest BCUT2D eigenvalue weighted by Crippen LogP contribution is 2.17. The number of hydrogen-bond acceptors (Lipinski definition) is 6. The summed E-state index contributed by atoms with van der Waals surface area (Å²) in [4.78, 5) is 3.84. The SMILES string of the molecule is CNc1cccnc1S(=O)(=O)NCC(C)(C)NS(C)(=O)=O. The molecule has 0 radical (unpaired) electrons. The van der Waals surface area contributed by atoms with Gasteiger partial charge in [-0.25, -0.2) is 31.3 Å². The number of hydrogen-bond donors (Lipinski definition) is 3. The average molecular weight is 336 g/mol. The quantitative estimate of drug-likeness (QED) is 0.631. The van der Waals surface area contributed by atoms with Crippen LogP contribution >= 0.6 is 0 Å². The third-order valence-electron chi connectivity index (χ3n) is 2.46. The molecule has 1 aromatic rings. The molecule has 0 fully saturated rings. The van der Waals surface area contributed by atoms with Gasteiger partial charge in [0, 0.05) is 25.3 Å². The first-order valence-corrected chi connectivity index (χ1v) is 9.46. The molecule has 0 aliphatic heterocycles. The summed E-state index contributed by atoms with van der Waals surface area (Å²) in [6.07, 6.45) is 2.39. The summed E-state index contributed by atoms with van der Waals surface area (Å²) in [5.74, 6) is 0. The van der Waals surface area contributed by atoms with Crippen LogP contribution in [0.1, 0.15) is 13.8 Å². The lowest BCUT2D eigenvalue weighted by molar-refractivity contribution is 0.445. The zero-order valence-corrected chi connectivity index (χ0v) is 14.0. The molecule has 1 aromatic heterocycles. The number of rotatable bonds is 7. The van der Waals surface area contributed by atoms with E-state index in [9.17, 15) is 16.8 Å². The molecule has 8 nitrogen and oxygen atoms in total. The highest BCUT2D eigenvalue weighted by atomic mass is 32.2. The fourth-order valence-electron chi connectivity index (χ4n) is 1.68. The molecule has 1 rings (SSSR count). The van der Waals surface area contributed by atoms with Crippen molar-refractivity contribution in [2.75, 3.05) is 25.2 Å². The van der Waals surface area contributed by atoms with Crippen LogP contribution in [-0.2, 0) is 20.0 Å². The summed E-state index contributed by atoms with van der Waals surface area (Å²) < 4.78 is 51.6. The molecule has 120 valence electrons. The van der Waals surface area contributed by atoms with Gasteiger partial charge in [0.25, 0.3) is 10.0 Å². The fraction of sp³-hybridized carbons (Fsp3) is 0.545. The van der Waals surface area contributed by atoms with Gasteiger partial charge in [0.2, 0.25) is 10.0 Å². The lowest BCUT2D eigenvalue weighted by Gasteiger charge is -2.25. The first-order chi connectivity index (χ1) is 9.47. The highest BCUT2D eigenvalue weighted by Gasteiger charge is 2.26. The van der Waals surface area contributed by atoms with Crippen molar-refractivity contribution < 1.29 is 16.8 Å². The van der Waals surface area contributed by atoms with Gasteiger partial charge in [-0.3, -0.25) is 0 Å². The van der Waals surface area contributed by atoms with Crippen LogP contribution < -0.4 is 14.8 Å². The van der Waals surface area contributed by atoms with Crippen molar-refractivity contribution in [3.63, 3.8) is 0 Å². The van der Waals surface area contributed by atoms with Crippen LogP contribution in [0, 0.1) is 0 Å². The van der Waals surface area contributed by atoms with Crippen molar-refractivity contribution in [3.8, 4) is 0 Å². The summed E-state index contributed by atoms with van der Waals surface area (Å²) >= 11 is 0. The van der Waals surface area contributed by atoms with E-state index in [4.69, 9.17) is 0 Å². The molecular weight excluding hydrogens is 316 g/mol. The topological polar surface area (TPSA) is 117 Å². The standard InChI is InChI=1S/C11H20N4O4S2/c1-11(2,15-20(4,16)17)8-14-21(18,19)10-9(12-3)6-5-7-13-10/h5-7,12,14-15H,8H2,1-4H3. The third-order valence-corrected chi connectivity index (χ3v) is 4.74. The second-order valence-electron chi connectivity index (χ2n) is 5.19. The van der Waals surface area contributed by atoms with Crippen molar-refractivity contribution in [2.45, 2.75) is 24.4 Å². The van der Waals surface area contributed by atoms with Crippen molar-refractivity contribution >= 4 is 25.7 Å². The van der Waals surface area contributed by atoms with Crippen molar-refractivity contribution in [1.29, 1.82) is 0 Å². The zero-order valence-electron chi connectivity index (χ0n) is 12.3. The Hall–Kier alpha value is -1.23. The molecular formula is C11H20N4O4S2. The predicted octanol–water partition coefficient (Wildman–Crippen LogP) is -0.271. The van der Waals surface area contributed by atoms with Gasteiger partial charge in [0.1, 0.15) is 0 Å². The molecule has 3 N–H and O–H groups in total. The molecule has 0 aliphatic rings. The number of nitrogens with zero attached hydrogens (tertiary/aromatic N) is 1. The maximum Gasteiger partial charge on any atom is 0.260 e. The Bertz CT molecular complexity index is 699. The molecule has 0 spiro atoms. The van der Waals surface area contributed by atoms with Crippen LogP contribution in [0.25, 0.3) is 0 Å². The molecule has 0 atom stereocenters. The minimum Gasteiger partial charge on any atom is -0.386 e. The van der Waals surface area contributed by atoms with Crippen molar-refractivity contribution in [3.05, 3.63) is 18.3 Å². The van der Waals surface area contributed by atoms with Crippen LogP contribution in [0.3, 0.4) is 0 Å². The first-order valence-electron chi connectivity index (χ1n) is 6.08. The van der Waals surface area contributed by atoms with Crippen molar-refractivity contribution in [2.24, 2.45) is 0 Å². The average Bonchev–Trinajstić information content (AvgIpc) is 2.34. The zero-order chi connectivity index (χ0) is 16.3. The number of nitrogens with one attached hydrogen (secondary N) is 3. The second-order valence-corrected chi connectivity index (χ2v) is 8.62. The van der Waals surface area contributed by atoms with Crippen molar-refractivity contribution in [1.82, 2.24) is 14.4 Å². The number of anilines is 1. The van der Waals surface area contributed by atoms with Crippen LogP contribution in [0.2, 0.25) is 0 Å². The molecule has 0 bridgehead atoms. The summed E-state index contributed by atoms with van der Waals surface area (Å²) in [5.41, 5.74) is -0.603. The molecule has 0 saturated heterocycles. The summed E-state index contributed by atoms with van der Waals surface area (Å²) in [7, 11) is -5.70. The molecule has 1 heterocycles. The highest BCUT2D eigenvalue weighted by molar-refractivity contribution is 7.89. The maximum atomic E-state index is 12.2. The summed E-state index contributed by atoms with van der Waals surface area (Å²) in [6, 6.07) is 3.20. The van der Waals surface area contributed by atoms with E-state index >= 15 is 0 Å². The maximum absolute atomic E-state index is 12.2. The lowest BCUT2D eigenvalue weighted by atomic mass is 10.1. The van der Waals surface area contributed by atoms with Crippen LogP contribution in [0.5, 0.6) is 0 Å². The molecule has 0 aromatic carbocycles. The fourth-order valence-corrected chi connectivity index (χ4v) is 4.10. The Morgan fingerprint density at radius 2 is 1.86 bits per heavy atom. The van der Waals surface area contributed by atoms with Gasteiger partial charge in [-0.2, -0.15) is 0 Å². The Balaban J connectivity index is 2.92. The summed E-state index contributed by atoms with van der Waals surface area (Å²) in [5, 5.41) is 2.61. The van der Waals surface area contributed by atoms with Gasteiger partial charge in [-0.1, -0.05) is 0 Å². The molecule has 10 heteroatoms. The van der Waals surface area contributed by atoms with Gasteiger partial charge < -0.3 is 5.32 Å². The van der Waals surface area contributed by atoms with Crippen LogP contribution in [0.15, 0.2) is 23.4 Å². The van der Waals surface area contributed by atoms with E-state index in [-0.39, 0.29) is 11.6 Å². The summed E-state index contributed by atoms with van der Waals surface area (Å²) in [6.45, 7) is 3.05. The van der Waals surface area contributed by atoms with Gasteiger partial charge in [-0.05, 0) is 26.0 Å². The normalized spacial score (nSPS) is 13.1. The second kappa shape index (κ2) is 6.26. The predicted molar refractivity (Wildman–Crippen MR) is 81.0 cm³/mol. The van der Waals surface area contributed by atoms with Gasteiger partial charge in [0.05, 0.1) is 11.9 Å². The van der Waals surface area contributed by atoms with Crippen LogP contribution in [-0.4, -0.2) is 47.2 Å². The molecule has 0 unspecified atom stereocenters. The van der Waals surface area contributed by atoms with E-state index < -0.39 is 25.6 Å². The van der Waals surface area contributed by atoms with Crippen LogP contribution in [0.4, 0.5) is 5.69 Å². The monoisotopic (exact) mass is 336 g/mol. The van der Waals surface area contributed by atoms with E-state index in [1.54, 1.807) is 33.0 Å². The minimum absolute atomic E-state index is 0.109. The smallest absolute Gasteiger partial charge is 0.260 e. The number of sulfonamides is 2. The van der Waals surface area contributed by atoms with Gasteiger partial charge >= 0.3 is 0 Å². The van der Waals surface area contributed by atoms with E-state index in [0.29, 0.717) is 5.69 Å². The van der Waals surface area contributed by atoms with E-state index in [1.807, 2.05) is 0 Å². The Labute approximate surface area is 125 Å². The number of pyridine rings is 1. The third kappa shape index (κ3) is 5.58. The Morgan fingerprint density at radius 3 is 2.38 bits per heavy atom. The molecule has 0 saturated carbocycles. The number of aromatic nitrogens is 1. The molecule has 0 aliphatic carbocycles. The van der Waals surface area contributed by atoms with E-state index in [0.717, 1.165) is 6.26 Å². The lowest BCUT2D eigenvalue weighted by Crippen LogP contribution is -2.51. The first kappa shape index (κ1) is 17.8. The Morgan fingerprint density at radius 1 is 1.24 bits per heavy atom. The van der Waals surface area contributed by atoms with Gasteiger partial charge in [-0.15, -0.1) is 0 Å². The molecule has 0 amide bonds. The Kier molecular flexibility index (Phi) is 5.31. The molecule has 21 heavy (non-hydrogen) atoms.